The van der Waals surface area contributed by atoms with E-state index in [1.54, 1.807) is 6.07 Å². The first-order valence-corrected chi connectivity index (χ1v) is 3.96. The van der Waals surface area contributed by atoms with E-state index in [9.17, 15) is 0 Å². The molecule has 0 spiro atoms. The molecule has 0 aliphatic carbocycles. The Morgan fingerprint density at radius 3 is 3.00 bits per heavy atom. The van der Waals surface area contributed by atoms with Crippen molar-refractivity contribution in [3.63, 3.8) is 0 Å². The molecule has 0 fully saturated rings. The molecule has 0 radical (unpaired) electrons. The number of aliphatic hydroxyl groups is 1. The average molecular weight is 202 g/mol. The van der Waals surface area contributed by atoms with Gasteiger partial charge in [-0.25, -0.2) is 15.0 Å². The summed E-state index contributed by atoms with van der Waals surface area (Å²) in [7, 11) is 0. The zero-order valence-electron chi connectivity index (χ0n) is 7.49. The summed E-state index contributed by atoms with van der Waals surface area (Å²) in [5.41, 5.74) is 6.35. The summed E-state index contributed by atoms with van der Waals surface area (Å²) in [6.07, 6.45) is 3.29. The number of hydrogen-bond acceptors (Lipinski definition) is 6. The molecule has 7 nitrogen and oxygen atoms in total. The summed E-state index contributed by atoms with van der Waals surface area (Å²) in [5.74, 6) is 0.231. The van der Waals surface area contributed by atoms with Crippen LogP contribution in [-0.2, 0) is 0 Å². The molecule has 3 N–H and O–H groups in total. The Balaban J connectivity index is 2.76. The number of nitrogens with two attached hydrogens (primary N) is 1. The minimum absolute atomic E-state index is 0.00981. The molecule has 2 aromatic rings. The predicted octanol–water partition coefficient (Wildman–Crippen LogP) is 0.288. The van der Waals surface area contributed by atoms with Crippen LogP contribution in [0.3, 0.4) is 0 Å². The molecular formula is C8H6N6O. The molecule has 0 amide bonds. The van der Waals surface area contributed by atoms with Gasteiger partial charge in [0.05, 0.1) is 0 Å². The van der Waals surface area contributed by atoms with Crippen molar-refractivity contribution in [3.8, 4) is 6.07 Å². The van der Waals surface area contributed by atoms with Crippen LogP contribution in [0.25, 0.3) is 16.9 Å². The number of anilines is 1. The molecule has 0 aromatic carbocycles. The fourth-order valence-electron chi connectivity index (χ4n) is 1.17. The van der Waals surface area contributed by atoms with Gasteiger partial charge in [-0.15, -0.1) is 0 Å². The molecule has 74 valence electrons. The van der Waals surface area contributed by atoms with Crippen LogP contribution >= 0.6 is 0 Å². The smallest absolute Gasteiger partial charge is 0.170 e. The minimum Gasteiger partial charge on any atom is -0.513 e. The lowest BCUT2D eigenvalue weighted by molar-refractivity contribution is 0.474. The van der Waals surface area contributed by atoms with E-state index < -0.39 is 0 Å². The summed E-state index contributed by atoms with van der Waals surface area (Å²) < 4.78 is 1.33. The highest BCUT2D eigenvalue weighted by atomic mass is 16.2. The molecule has 2 aromatic heterocycles. The number of allylic oxidation sites excluding steroid dienone is 1. The van der Waals surface area contributed by atoms with Gasteiger partial charge < -0.3 is 10.8 Å². The van der Waals surface area contributed by atoms with Gasteiger partial charge in [-0.2, -0.15) is 5.26 Å². The first kappa shape index (κ1) is 8.96. The molecule has 0 saturated carbocycles. The van der Waals surface area contributed by atoms with Gasteiger partial charge in [0.15, 0.2) is 22.7 Å². The van der Waals surface area contributed by atoms with Crippen LogP contribution in [0.5, 0.6) is 0 Å². The maximum atomic E-state index is 8.82. The molecule has 0 atom stereocenters. The predicted molar refractivity (Wildman–Crippen MR) is 52.3 cm³/mol. The number of imidazole rings is 1. The van der Waals surface area contributed by atoms with Crippen molar-refractivity contribution >= 4 is 22.7 Å². The van der Waals surface area contributed by atoms with E-state index in [1.165, 1.54) is 17.2 Å². The third-order valence-electron chi connectivity index (χ3n) is 1.86. The van der Waals surface area contributed by atoms with E-state index in [0.29, 0.717) is 17.4 Å². The molecule has 0 bridgehead atoms. The van der Waals surface area contributed by atoms with Gasteiger partial charge in [0.2, 0.25) is 0 Å². The summed E-state index contributed by atoms with van der Waals surface area (Å²) in [6, 6.07) is 1.80. The molecular weight excluding hydrogens is 196 g/mol. The maximum absolute atomic E-state index is 8.82. The van der Waals surface area contributed by atoms with Crippen LogP contribution in [0.15, 0.2) is 18.9 Å². The molecule has 0 unspecified atom stereocenters. The Labute approximate surface area is 84.1 Å². The SMILES string of the molecule is N#C/C(=C\O)n1cnc2c(N)ncnc21. The van der Waals surface area contributed by atoms with Crippen LogP contribution in [0.4, 0.5) is 5.82 Å². The molecule has 0 aliphatic heterocycles. The third kappa shape index (κ3) is 1.24. The van der Waals surface area contributed by atoms with Crippen LogP contribution in [-0.4, -0.2) is 24.6 Å². The molecule has 15 heavy (non-hydrogen) atoms. The quantitative estimate of drug-likeness (QED) is 0.507. The van der Waals surface area contributed by atoms with E-state index in [0.717, 1.165) is 0 Å². The highest BCUT2D eigenvalue weighted by Gasteiger charge is 2.10. The standard InChI is InChI=1S/C8H6N6O/c9-1-5(2-15)14-4-13-6-7(10)11-3-12-8(6)14/h2-4,15H,(H2,10,11,12)/b5-2+. The van der Waals surface area contributed by atoms with Crippen LogP contribution in [0.2, 0.25) is 0 Å². The monoisotopic (exact) mass is 202 g/mol. The lowest BCUT2D eigenvalue weighted by Crippen LogP contribution is -1.97. The molecule has 0 aliphatic rings. The number of hydrogen-bond donors (Lipinski definition) is 2. The summed E-state index contributed by atoms with van der Waals surface area (Å²) in [6.45, 7) is 0. The first-order chi connectivity index (χ1) is 7.27. The second-order valence-electron chi connectivity index (χ2n) is 2.67. The second kappa shape index (κ2) is 3.26. The summed E-state index contributed by atoms with van der Waals surface area (Å²) in [4.78, 5) is 11.6. The zero-order valence-corrected chi connectivity index (χ0v) is 7.49. The normalized spacial score (nSPS) is 11.5. The van der Waals surface area contributed by atoms with Crippen LogP contribution in [0, 0.1) is 11.3 Å². The molecule has 2 rings (SSSR count). The number of aromatic nitrogens is 4. The van der Waals surface area contributed by atoms with Gasteiger partial charge in [-0.05, 0) is 0 Å². The van der Waals surface area contributed by atoms with Crippen molar-refractivity contribution in [3.05, 3.63) is 18.9 Å². The third-order valence-corrected chi connectivity index (χ3v) is 1.86. The Morgan fingerprint density at radius 1 is 1.53 bits per heavy atom. The van der Waals surface area contributed by atoms with Gasteiger partial charge in [0, 0.05) is 0 Å². The number of nitrogens with zero attached hydrogens (tertiary/aromatic N) is 5. The fraction of sp³-hybridized carbons (Fsp3) is 0. The highest BCUT2D eigenvalue weighted by molar-refractivity contribution is 5.84. The van der Waals surface area contributed by atoms with Crippen molar-refractivity contribution < 1.29 is 5.11 Å². The van der Waals surface area contributed by atoms with E-state index in [4.69, 9.17) is 16.1 Å². The van der Waals surface area contributed by atoms with E-state index in [1.807, 2.05) is 0 Å². The molecule has 7 heteroatoms. The van der Waals surface area contributed by atoms with Gasteiger partial charge in [-0.3, -0.25) is 4.57 Å². The Morgan fingerprint density at radius 2 is 2.33 bits per heavy atom. The van der Waals surface area contributed by atoms with E-state index >= 15 is 0 Å². The van der Waals surface area contributed by atoms with E-state index in [2.05, 4.69) is 15.0 Å². The van der Waals surface area contributed by atoms with Crippen molar-refractivity contribution in [2.24, 2.45) is 0 Å². The van der Waals surface area contributed by atoms with Crippen molar-refractivity contribution in [2.75, 3.05) is 5.73 Å². The van der Waals surface area contributed by atoms with Crippen LogP contribution < -0.4 is 5.73 Å². The summed E-state index contributed by atoms with van der Waals surface area (Å²) >= 11 is 0. The largest absolute Gasteiger partial charge is 0.513 e. The van der Waals surface area contributed by atoms with Gasteiger partial charge in [0.1, 0.15) is 25.0 Å². The number of aliphatic hydroxyl groups excluding tert-OH is 1. The number of nitriles is 1. The van der Waals surface area contributed by atoms with Gasteiger partial charge in [0.25, 0.3) is 0 Å². The van der Waals surface area contributed by atoms with Gasteiger partial charge >= 0.3 is 0 Å². The van der Waals surface area contributed by atoms with Crippen molar-refractivity contribution in [1.82, 2.24) is 19.5 Å². The van der Waals surface area contributed by atoms with Crippen molar-refractivity contribution in [1.29, 1.82) is 5.26 Å². The summed E-state index contributed by atoms with van der Waals surface area (Å²) in [5, 5.41) is 17.5. The zero-order chi connectivity index (χ0) is 10.8. The van der Waals surface area contributed by atoms with Crippen molar-refractivity contribution in [2.45, 2.75) is 0 Å². The number of fused-ring (bicyclic) bond motifs is 1. The van der Waals surface area contributed by atoms with Gasteiger partial charge in [-0.1, -0.05) is 0 Å². The average Bonchev–Trinajstić information content (AvgIpc) is 2.66. The fourth-order valence-corrected chi connectivity index (χ4v) is 1.17. The Bertz CT molecular complexity index is 578. The topological polar surface area (TPSA) is 114 Å². The maximum Gasteiger partial charge on any atom is 0.170 e. The lowest BCUT2D eigenvalue weighted by atomic mass is 10.4. The first-order valence-electron chi connectivity index (χ1n) is 3.96. The van der Waals surface area contributed by atoms with E-state index in [-0.39, 0.29) is 11.5 Å². The highest BCUT2D eigenvalue weighted by Crippen LogP contribution is 2.17. The Kier molecular flexibility index (Phi) is 1.95. The second-order valence-corrected chi connectivity index (χ2v) is 2.67. The number of nitrogen functional groups attached to an aromatic ring is 1. The lowest BCUT2D eigenvalue weighted by Gasteiger charge is -1.98. The molecule has 0 saturated heterocycles. The minimum atomic E-state index is 0.00981. The Hall–Kier alpha value is -2.62. The van der Waals surface area contributed by atoms with Crippen LogP contribution in [0.1, 0.15) is 0 Å². The number of rotatable bonds is 1. The molecule has 2 heterocycles.